The zero-order valence-corrected chi connectivity index (χ0v) is 15.5. The molecule has 0 saturated heterocycles. The maximum Gasteiger partial charge on any atom is 0.261 e. The number of aromatic nitrogens is 3. The van der Waals surface area contributed by atoms with Crippen LogP contribution in [-0.2, 0) is 13.1 Å². The van der Waals surface area contributed by atoms with Crippen molar-refractivity contribution in [3.8, 4) is 0 Å². The van der Waals surface area contributed by atoms with Crippen molar-refractivity contribution in [2.24, 2.45) is 0 Å². The van der Waals surface area contributed by atoms with Crippen LogP contribution in [0.4, 0.5) is 4.39 Å². The quantitative estimate of drug-likeness (QED) is 0.571. The number of hydrogen-bond donors (Lipinski definition) is 1. The lowest BCUT2D eigenvalue weighted by atomic mass is 10.1. The maximum absolute atomic E-state index is 14.0. The molecule has 0 radical (unpaired) electrons. The molecule has 1 N–H and O–H groups in total. The largest absolute Gasteiger partial charge is 0.347 e. The van der Waals surface area contributed by atoms with Crippen molar-refractivity contribution in [2.45, 2.75) is 20.0 Å². The highest BCUT2D eigenvalue weighted by molar-refractivity contribution is 7.21. The minimum absolute atomic E-state index is 0.185. The Bertz CT molecular complexity index is 1100. The predicted octanol–water partition coefficient (Wildman–Crippen LogP) is 3.92. The van der Waals surface area contributed by atoms with Gasteiger partial charge in [-0.15, -0.1) is 11.3 Å². The van der Waals surface area contributed by atoms with Crippen LogP contribution in [0, 0.1) is 12.7 Å². The molecule has 27 heavy (non-hydrogen) atoms. The summed E-state index contributed by atoms with van der Waals surface area (Å²) in [4.78, 5) is 17.1. The zero-order chi connectivity index (χ0) is 18.8. The Morgan fingerprint density at radius 3 is 2.81 bits per heavy atom. The van der Waals surface area contributed by atoms with Gasteiger partial charge >= 0.3 is 0 Å². The Balaban J connectivity index is 1.48. The lowest BCUT2D eigenvalue weighted by Crippen LogP contribution is -2.22. The number of thiophene rings is 1. The molecule has 4 aromatic rings. The van der Waals surface area contributed by atoms with E-state index in [0.29, 0.717) is 28.9 Å². The fourth-order valence-electron chi connectivity index (χ4n) is 3.07. The number of hydrogen-bond acceptors (Lipinski definition) is 4. The standard InChI is InChI=1S/C20H17FN4OS/c1-13-18-16(21)6-3-7-17(18)27-19(13)20(26)23-9-14-4-2-5-15(8-14)10-25-12-22-11-24-25/h2-8,11-12H,9-10H2,1H3,(H,23,26). The van der Waals surface area contributed by atoms with Crippen LogP contribution in [0.25, 0.3) is 10.1 Å². The fraction of sp³-hybridized carbons (Fsp3) is 0.150. The van der Waals surface area contributed by atoms with Crippen molar-refractivity contribution in [1.82, 2.24) is 20.1 Å². The van der Waals surface area contributed by atoms with Crippen LogP contribution in [0.5, 0.6) is 0 Å². The van der Waals surface area contributed by atoms with E-state index in [9.17, 15) is 9.18 Å². The van der Waals surface area contributed by atoms with Crippen LogP contribution >= 0.6 is 11.3 Å². The predicted molar refractivity (Wildman–Crippen MR) is 103 cm³/mol. The van der Waals surface area contributed by atoms with Crippen molar-refractivity contribution in [1.29, 1.82) is 0 Å². The van der Waals surface area contributed by atoms with Gasteiger partial charge in [0.15, 0.2) is 0 Å². The van der Waals surface area contributed by atoms with Crippen molar-refractivity contribution in [3.63, 3.8) is 0 Å². The zero-order valence-electron chi connectivity index (χ0n) is 14.6. The summed E-state index contributed by atoms with van der Waals surface area (Å²) in [6.45, 7) is 2.81. The molecule has 0 aliphatic carbocycles. The topological polar surface area (TPSA) is 59.8 Å². The lowest BCUT2D eigenvalue weighted by molar-refractivity contribution is 0.0954. The Kier molecular flexibility index (Phi) is 4.68. The van der Waals surface area contributed by atoms with Gasteiger partial charge in [0.25, 0.3) is 5.91 Å². The second-order valence-electron chi connectivity index (χ2n) is 6.26. The van der Waals surface area contributed by atoms with E-state index in [0.717, 1.165) is 15.8 Å². The van der Waals surface area contributed by atoms with Crippen LogP contribution < -0.4 is 5.32 Å². The third-order valence-electron chi connectivity index (χ3n) is 4.36. The van der Waals surface area contributed by atoms with E-state index in [4.69, 9.17) is 0 Å². The summed E-state index contributed by atoms with van der Waals surface area (Å²) in [5.74, 6) is -0.476. The number of nitrogens with zero attached hydrogens (tertiary/aromatic N) is 3. The third-order valence-corrected chi connectivity index (χ3v) is 5.62. The molecule has 0 atom stereocenters. The normalized spacial score (nSPS) is 11.0. The molecular weight excluding hydrogens is 363 g/mol. The van der Waals surface area contributed by atoms with Gasteiger partial charge in [-0.25, -0.2) is 14.1 Å². The molecule has 136 valence electrons. The van der Waals surface area contributed by atoms with Crippen LogP contribution in [0.15, 0.2) is 55.1 Å². The summed E-state index contributed by atoms with van der Waals surface area (Å²) >= 11 is 1.32. The van der Waals surface area contributed by atoms with E-state index in [-0.39, 0.29) is 11.7 Å². The average molecular weight is 380 g/mol. The first-order valence-electron chi connectivity index (χ1n) is 8.48. The number of amides is 1. The summed E-state index contributed by atoms with van der Waals surface area (Å²) in [5.41, 5.74) is 2.75. The molecule has 0 aliphatic rings. The molecule has 0 aliphatic heterocycles. The van der Waals surface area contributed by atoms with Crippen molar-refractivity contribution < 1.29 is 9.18 Å². The van der Waals surface area contributed by atoms with Crippen molar-refractivity contribution >= 4 is 27.3 Å². The first-order chi connectivity index (χ1) is 13.1. The summed E-state index contributed by atoms with van der Waals surface area (Å²) in [6, 6.07) is 12.9. The lowest BCUT2D eigenvalue weighted by Gasteiger charge is -2.07. The maximum atomic E-state index is 14.0. The number of fused-ring (bicyclic) bond motifs is 1. The monoisotopic (exact) mass is 380 g/mol. The average Bonchev–Trinajstić information content (AvgIpc) is 3.29. The second-order valence-corrected chi connectivity index (χ2v) is 7.32. The Hall–Kier alpha value is -3.06. The number of rotatable bonds is 5. The highest BCUT2D eigenvalue weighted by Gasteiger charge is 2.17. The molecule has 0 unspecified atom stereocenters. The minimum Gasteiger partial charge on any atom is -0.347 e. The molecule has 0 spiro atoms. The first-order valence-corrected chi connectivity index (χ1v) is 9.29. The van der Waals surface area contributed by atoms with Crippen LogP contribution in [0.2, 0.25) is 0 Å². The summed E-state index contributed by atoms with van der Waals surface area (Å²) in [7, 11) is 0. The Labute approximate surface area is 159 Å². The van der Waals surface area contributed by atoms with Gasteiger partial charge in [-0.05, 0) is 35.7 Å². The number of carbonyl (C=O) groups excluding carboxylic acids is 1. The van der Waals surface area contributed by atoms with Gasteiger partial charge in [0, 0.05) is 16.6 Å². The molecule has 4 rings (SSSR count). The third kappa shape index (κ3) is 3.59. The van der Waals surface area contributed by atoms with Gasteiger partial charge in [-0.1, -0.05) is 30.3 Å². The molecule has 2 aromatic carbocycles. The van der Waals surface area contributed by atoms with Crippen molar-refractivity contribution in [2.75, 3.05) is 0 Å². The Morgan fingerprint density at radius 1 is 1.22 bits per heavy atom. The van der Waals surface area contributed by atoms with Gasteiger partial charge in [0.05, 0.1) is 11.4 Å². The van der Waals surface area contributed by atoms with Gasteiger partial charge in [-0.2, -0.15) is 5.10 Å². The summed E-state index contributed by atoms with van der Waals surface area (Å²) in [6.07, 6.45) is 3.16. The Morgan fingerprint density at radius 2 is 2.04 bits per heavy atom. The van der Waals surface area contributed by atoms with E-state index in [1.54, 1.807) is 24.0 Å². The van der Waals surface area contributed by atoms with Crippen LogP contribution in [-0.4, -0.2) is 20.7 Å². The van der Waals surface area contributed by atoms with E-state index in [2.05, 4.69) is 15.4 Å². The number of halogens is 1. The molecule has 0 bridgehead atoms. The number of benzene rings is 2. The SMILES string of the molecule is Cc1c(C(=O)NCc2cccc(Cn3cncn3)c2)sc2cccc(F)c12. The molecule has 2 aromatic heterocycles. The molecule has 2 heterocycles. The highest BCUT2D eigenvalue weighted by atomic mass is 32.1. The van der Waals surface area contributed by atoms with Crippen LogP contribution in [0.1, 0.15) is 26.4 Å². The molecule has 0 fully saturated rings. The van der Waals surface area contributed by atoms with Crippen molar-refractivity contribution in [3.05, 3.63) is 82.5 Å². The minimum atomic E-state index is -0.291. The van der Waals surface area contributed by atoms with Crippen LogP contribution in [0.3, 0.4) is 0 Å². The fourth-order valence-corrected chi connectivity index (χ4v) is 4.21. The van der Waals surface area contributed by atoms with Gasteiger partial charge < -0.3 is 5.32 Å². The smallest absolute Gasteiger partial charge is 0.261 e. The molecule has 5 nitrogen and oxygen atoms in total. The molecule has 1 amide bonds. The van der Waals surface area contributed by atoms with Gasteiger partial charge in [0.1, 0.15) is 18.5 Å². The number of aryl methyl sites for hydroxylation is 1. The van der Waals surface area contributed by atoms with E-state index in [1.807, 2.05) is 30.3 Å². The molecular formula is C20H17FN4OS. The number of carbonyl (C=O) groups is 1. The van der Waals surface area contributed by atoms with Gasteiger partial charge in [-0.3, -0.25) is 4.79 Å². The van der Waals surface area contributed by atoms with E-state index in [1.165, 1.54) is 23.7 Å². The highest BCUT2D eigenvalue weighted by Crippen LogP contribution is 2.32. The summed E-state index contributed by atoms with van der Waals surface area (Å²) in [5, 5.41) is 7.57. The van der Waals surface area contributed by atoms with E-state index >= 15 is 0 Å². The molecule has 7 heteroatoms. The van der Waals surface area contributed by atoms with E-state index < -0.39 is 0 Å². The number of nitrogens with one attached hydrogen (secondary N) is 1. The second kappa shape index (κ2) is 7.28. The van der Waals surface area contributed by atoms with Gasteiger partial charge in [0.2, 0.25) is 0 Å². The molecule has 0 saturated carbocycles. The first kappa shape index (κ1) is 17.4. The summed E-state index contributed by atoms with van der Waals surface area (Å²) < 4.78 is 16.6.